The Labute approximate surface area is 190 Å². The molecule has 31 heavy (non-hydrogen) atoms. The highest BCUT2D eigenvalue weighted by molar-refractivity contribution is 6.55. The second kappa shape index (κ2) is 10.6. The van der Waals surface area contributed by atoms with Gasteiger partial charge < -0.3 is 9.47 Å². The van der Waals surface area contributed by atoms with Crippen molar-refractivity contribution in [2.45, 2.75) is 26.9 Å². The van der Waals surface area contributed by atoms with Crippen LogP contribution >= 0.6 is 23.2 Å². The van der Waals surface area contributed by atoms with Crippen LogP contribution in [0.15, 0.2) is 65.2 Å². The molecular formula is C24H22Cl2FNO3. The lowest BCUT2D eigenvalue weighted by atomic mass is 9.93. The maximum absolute atomic E-state index is 13.2. The van der Waals surface area contributed by atoms with Crippen molar-refractivity contribution in [2.75, 3.05) is 0 Å². The summed E-state index contributed by atoms with van der Waals surface area (Å²) in [4.78, 5) is 17.2. The van der Waals surface area contributed by atoms with Crippen LogP contribution in [-0.4, -0.2) is 11.0 Å². The minimum atomic E-state index is -0.377. The van der Waals surface area contributed by atoms with E-state index in [0.717, 1.165) is 10.8 Å². The van der Waals surface area contributed by atoms with Crippen LogP contribution in [-0.2, 0) is 16.1 Å². The Hall–Kier alpha value is -2.63. The van der Waals surface area contributed by atoms with E-state index in [9.17, 15) is 9.18 Å². The molecule has 0 spiro atoms. The average Bonchev–Trinajstić information content (AvgIpc) is 2.73. The highest BCUT2D eigenvalue weighted by atomic mass is 35.5. The molecular weight excluding hydrogens is 440 g/mol. The summed E-state index contributed by atoms with van der Waals surface area (Å²) in [5, 5.41) is 1.74. The molecule has 1 heterocycles. The minimum Gasteiger partial charge on any atom is -0.459 e. The number of esters is 1. The van der Waals surface area contributed by atoms with Gasteiger partial charge in [-0.05, 0) is 42.0 Å². The predicted molar refractivity (Wildman–Crippen MR) is 121 cm³/mol. The molecule has 0 aliphatic rings. The molecule has 7 heteroatoms. The van der Waals surface area contributed by atoms with E-state index in [0.29, 0.717) is 23.7 Å². The number of carbonyl (C=O) groups is 1. The van der Waals surface area contributed by atoms with Gasteiger partial charge in [-0.25, -0.2) is 9.37 Å². The lowest BCUT2D eigenvalue weighted by Gasteiger charge is -2.18. The van der Waals surface area contributed by atoms with Gasteiger partial charge in [-0.3, -0.25) is 4.79 Å². The first kappa shape index (κ1) is 23.0. The number of hydrogen-bond acceptors (Lipinski definition) is 4. The quantitative estimate of drug-likeness (QED) is 0.333. The smallest absolute Gasteiger partial charge is 0.309 e. The van der Waals surface area contributed by atoms with E-state index in [1.165, 1.54) is 24.3 Å². The maximum Gasteiger partial charge on any atom is 0.309 e. The molecule has 0 aliphatic carbocycles. The number of ether oxygens (including phenoxy) is 2. The highest BCUT2D eigenvalue weighted by Gasteiger charge is 2.23. The topological polar surface area (TPSA) is 48.4 Å². The second-order valence-corrected chi connectivity index (χ2v) is 8.38. The molecule has 1 aromatic heterocycles. The van der Waals surface area contributed by atoms with Gasteiger partial charge in [0.15, 0.2) is 0 Å². The summed E-state index contributed by atoms with van der Waals surface area (Å²) in [6.07, 6.45) is 1.99. The van der Waals surface area contributed by atoms with Crippen LogP contribution in [0, 0.1) is 17.7 Å². The Balaban J connectivity index is 1.82. The first-order valence-electron chi connectivity index (χ1n) is 9.83. The largest absolute Gasteiger partial charge is 0.459 e. The van der Waals surface area contributed by atoms with Gasteiger partial charge in [0.1, 0.15) is 22.7 Å². The number of hydrogen-bond donors (Lipinski definition) is 0. The zero-order chi connectivity index (χ0) is 22.4. The Morgan fingerprint density at radius 1 is 1.13 bits per heavy atom. The third-order valence-corrected chi connectivity index (χ3v) is 5.13. The molecule has 3 rings (SSSR count). The molecule has 0 aliphatic heterocycles. The Bertz CT molecular complexity index is 1080. The van der Waals surface area contributed by atoms with Crippen molar-refractivity contribution >= 4 is 39.9 Å². The Kier molecular flexibility index (Phi) is 7.88. The summed E-state index contributed by atoms with van der Waals surface area (Å²) in [7, 11) is 0. The first-order chi connectivity index (χ1) is 14.8. The Morgan fingerprint density at radius 3 is 2.52 bits per heavy atom. The second-order valence-electron chi connectivity index (χ2n) is 7.37. The van der Waals surface area contributed by atoms with Gasteiger partial charge in [-0.1, -0.05) is 67.4 Å². The lowest BCUT2D eigenvalue weighted by molar-refractivity contribution is -0.151. The van der Waals surface area contributed by atoms with E-state index >= 15 is 0 Å². The fraction of sp³-hybridized carbons (Fsp3) is 0.250. The maximum atomic E-state index is 13.2. The molecule has 0 N–H and O–H groups in total. The third kappa shape index (κ3) is 6.42. The summed E-state index contributed by atoms with van der Waals surface area (Å²) in [5.74, 6) is -0.245. The van der Waals surface area contributed by atoms with Crippen molar-refractivity contribution < 1.29 is 18.7 Å². The zero-order valence-corrected chi connectivity index (χ0v) is 18.7. The van der Waals surface area contributed by atoms with Gasteiger partial charge in [0.25, 0.3) is 0 Å². The number of fused-ring (bicyclic) bond motifs is 1. The fourth-order valence-electron chi connectivity index (χ4n) is 3.13. The molecule has 1 atom stereocenters. The number of pyridine rings is 1. The van der Waals surface area contributed by atoms with E-state index in [2.05, 4.69) is 4.98 Å². The van der Waals surface area contributed by atoms with E-state index < -0.39 is 0 Å². The van der Waals surface area contributed by atoms with Crippen molar-refractivity contribution in [1.82, 2.24) is 4.98 Å². The zero-order valence-electron chi connectivity index (χ0n) is 17.1. The van der Waals surface area contributed by atoms with E-state index in [1.807, 2.05) is 38.1 Å². The number of aromatic nitrogens is 1. The van der Waals surface area contributed by atoms with Gasteiger partial charge >= 0.3 is 5.97 Å². The fourth-order valence-corrected chi connectivity index (χ4v) is 3.31. The molecule has 0 saturated carbocycles. The van der Waals surface area contributed by atoms with Gasteiger partial charge in [-0.15, -0.1) is 0 Å². The summed E-state index contributed by atoms with van der Waals surface area (Å²) in [5.41, 5.74) is 0.567. The molecule has 0 fully saturated rings. The van der Waals surface area contributed by atoms with Crippen LogP contribution < -0.4 is 4.74 Å². The molecule has 1 unspecified atom stereocenters. The van der Waals surface area contributed by atoms with Crippen LogP contribution in [0.5, 0.6) is 11.6 Å². The molecule has 3 aromatic rings. The van der Waals surface area contributed by atoms with Crippen LogP contribution in [0.2, 0.25) is 0 Å². The summed E-state index contributed by atoms with van der Waals surface area (Å²) in [6, 6.07) is 15.1. The van der Waals surface area contributed by atoms with Crippen LogP contribution in [0.4, 0.5) is 4.39 Å². The number of rotatable bonds is 8. The van der Waals surface area contributed by atoms with Crippen molar-refractivity contribution in [3.63, 3.8) is 0 Å². The van der Waals surface area contributed by atoms with Crippen molar-refractivity contribution in [1.29, 1.82) is 0 Å². The normalized spacial score (nSPS) is 11.9. The molecule has 0 bridgehead atoms. The standard InChI is InChI=1S/C24H22Cl2FNO3/c1-15(2)19(11-12-22(25)26)24(29)30-14-21-20-6-4-3-5-16(20)13-23(28-21)31-18-9-7-17(27)8-10-18/h3-10,12-13,15,19H,11,14H2,1-2H3. The van der Waals surface area contributed by atoms with Crippen molar-refractivity contribution in [2.24, 2.45) is 11.8 Å². The Morgan fingerprint density at radius 2 is 1.84 bits per heavy atom. The van der Waals surface area contributed by atoms with E-state index in [1.54, 1.807) is 12.1 Å². The van der Waals surface area contributed by atoms with Gasteiger partial charge in [-0.2, -0.15) is 0 Å². The number of nitrogens with zero attached hydrogens (tertiary/aromatic N) is 1. The lowest BCUT2D eigenvalue weighted by Crippen LogP contribution is -2.22. The minimum absolute atomic E-state index is 0.0124. The summed E-state index contributed by atoms with van der Waals surface area (Å²) >= 11 is 11.4. The van der Waals surface area contributed by atoms with Crippen molar-refractivity contribution in [3.8, 4) is 11.6 Å². The molecule has 0 amide bonds. The monoisotopic (exact) mass is 461 g/mol. The van der Waals surface area contributed by atoms with Crippen molar-refractivity contribution in [3.05, 3.63) is 76.7 Å². The SMILES string of the molecule is CC(C)C(CC=C(Cl)Cl)C(=O)OCc1nc(Oc2ccc(F)cc2)cc2ccccc12. The molecule has 4 nitrogen and oxygen atoms in total. The first-order valence-corrected chi connectivity index (χ1v) is 10.6. The molecule has 0 saturated heterocycles. The predicted octanol–water partition coefficient (Wildman–Crippen LogP) is 7.19. The van der Waals surface area contributed by atoms with Crippen LogP contribution in [0.25, 0.3) is 10.8 Å². The molecule has 2 aromatic carbocycles. The highest BCUT2D eigenvalue weighted by Crippen LogP contribution is 2.27. The van der Waals surface area contributed by atoms with Crippen LogP contribution in [0.1, 0.15) is 26.0 Å². The van der Waals surface area contributed by atoms with Crippen LogP contribution in [0.3, 0.4) is 0 Å². The molecule has 0 radical (unpaired) electrons. The average molecular weight is 462 g/mol. The summed E-state index contributed by atoms with van der Waals surface area (Å²) in [6.45, 7) is 3.86. The summed E-state index contributed by atoms with van der Waals surface area (Å²) < 4.78 is 24.7. The third-order valence-electron chi connectivity index (χ3n) is 4.82. The van der Waals surface area contributed by atoms with Gasteiger partial charge in [0.05, 0.1) is 11.6 Å². The number of benzene rings is 2. The number of halogens is 3. The molecule has 162 valence electrons. The number of carbonyl (C=O) groups excluding carboxylic acids is 1. The van der Waals surface area contributed by atoms with Gasteiger partial charge in [0, 0.05) is 11.5 Å². The van der Waals surface area contributed by atoms with E-state index in [4.69, 9.17) is 32.7 Å². The van der Waals surface area contributed by atoms with Gasteiger partial charge in [0.2, 0.25) is 5.88 Å². The number of allylic oxidation sites excluding steroid dienone is 1. The van der Waals surface area contributed by atoms with E-state index in [-0.39, 0.29) is 34.7 Å².